The number of carbonyl (C=O) groups is 1. The van der Waals surface area contributed by atoms with Crippen LogP contribution < -0.4 is 0 Å². The Bertz CT molecular complexity index is 355. The summed E-state index contributed by atoms with van der Waals surface area (Å²) >= 11 is 5.48. The molecule has 0 N–H and O–H groups in total. The van der Waals surface area contributed by atoms with Gasteiger partial charge < -0.3 is 0 Å². The second kappa shape index (κ2) is 4.46. The van der Waals surface area contributed by atoms with Crippen molar-refractivity contribution < 1.29 is 13.6 Å². The molecule has 0 atom stereocenters. The number of halogens is 3. The van der Waals surface area contributed by atoms with Gasteiger partial charge in [0.15, 0.2) is 6.29 Å². The third-order valence-corrected chi connectivity index (χ3v) is 2.11. The van der Waals surface area contributed by atoms with Gasteiger partial charge in [-0.3, -0.25) is 4.79 Å². The number of carbonyl (C=O) groups excluding carboxylic acids is 1. The molecule has 14 heavy (non-hydrogen) atoms. The Morgan fingerprint density at radius 2 is 2.29 bits per heavy atom. The van der Waals surface area contributed by atoms with Gasteiger partial charge in [-0.15, -0.1) is 11.6 Å². The largest absolute Gasteiger partial charge is 0.296 e. The Labute approximate surface area is 84.9 Å². The molecule has 0 aromatic carbocycles. The average molecular weight is 220 g/mol. The van der Waals surface area contributed by atoms with E-state index in [2.05, 4.69) is 4.98 Å². The number of nitrogens with zero attached hydrogens (tertiary/aromatic N) is 1. The van der Waals surface area contributed by atoms with E-state index in [4.69, 9.17) is 11.6 Å². The molecule has 0 saturated heterocycles. The van der Waals surface area contributed by atoms with E-state index in [-0.39, 0.29) is 17.1 Å². The Morgan fingerprint density at radius 3 is 2.71 bits per heavy atom. The van der Waals surface area contributed by atoms with Gasteiger partial charge in [0.1, 0.15) is 11.4 Å². The lowest BCUT2D eigenvalue weighted by atomic mass is 10.1. The summed E-state index contributed by atoms with van der Waals surface area (Å²) in [5.74, 6) is -0.0351. The lowest BCUT2D eigenvalue weighted by Crippen LogP contribution is -2.02. The van der Waals surface area contributed by atoms with Crippen LogP contribution in [0, 0.1) is 6.92 Å². The van der Waals surface area contributed by atoms with Crippen molar-refractivity contribution in [2.45, 2.75) is 19.2 Å². The first-order chi connectivity index (χ1) is 6.60. The maximum Gasteiger partial charge on any atom is 0.280 e. The highest BCUT2D eigenvalue weighted by molar-refractivity contribution is 6.17. The van der Waals surface area contributed by atoms with Crippen LogP contribution in [0.25, 0.3) is 0 Å². The second-order valence-electron chi connectivity index (χ2n) is 2.79. The normalized spacial score (nSPS) is 10.6. The predicted molar refractivity (Wildman–Crippen MR) is 48.9 cm³/mol. The fraction of sp³-hybridized carbons (Fsp3) is 0.333. The second-order valence-corrected chi connectivity index (χ2v) is 3.05. The summed E-state index contributed by atoms with van der Waals surface area (Å²) < 4.78 is 24.9. The summed E-state index contributed by atoms with van der Waals surface area (Å²) in [6.07, 6.45) is -2.25. The standard InChI is InChI=1S/C9H8ClF2NO/c1-5-2-6(3-10)8(9(11)12)13-7(5)4-14/h2,4,9H,3H2,1H3. The summed E-state index contributed by atoms with van der Waals surface area (Å²) in [5, 5.41) is 0. The molecule has 0 bridgehead atoms. The van der Waals surface area contributed by atoms with E-state index in [0.717, 1.165) is 0 Å². The van der Waals surface area contributed by atoms with Gasteiger partial charge in [0.25, 0.3) is 6.43 Å². The van der Waals surface area contributed by atoms with Crippen LogP contribution in [0.15, 0.2) is 6.07 Å². The minimum Gasteiger partial charge on any atom is -0.296 e. The minimum absolute atomic E-state index is 0.0351. The van der Waals surface area contributed by atoms with Crippen LogP contribution in [0.1, 0.15) is 33.7 Å². The molecule has 0 aliphatic heterocycles. The number of hydrogen-bond donors (Lipinski definition) is 0. The number of alkyl halides is 3. The molecule has 0 radical (unpaired) electrons. The molecule has 1 aromatic rings. The van der Waals surface area contributed by atoms with Crippen molar-refractivity contribution in [3.63, 3.8) is 0 Å². The van der Waals surface area contributed by atoms with Crippen molar-refractivity contribution >= 4 is 17.9 Å². The van der Waals surface area contributed by atoms with Crippen LogP contribution in [0.3, 0.4) is 0 Å². The van der Waals surface area contributed by atoms with Crippen molar-refractivity contribution in [3.05, 3.63) is 28.6 Å². The fourth-order valence-corrected chi connectivity index (χ4v) is 1.33. The van der Waals surface area contributed by atoms with E-state index in [0.29, 0.717) is 11.8 Å². The number of aldehydes is 1. The van der Waals surface area contributed by atoms with Gasteiger partial charge >= 0.3 is 0 Å². The van der Waals surface area contributed by atoms with E-state index in [1.807, 2.05) is 0 Å². The lowest BCUT2D eigenvalue weighted by Gasteiger charge is -2.07. The molecule has 1 heterocycles. The molecule has 0 fully saturated rings. The SMILES string of the molecule is Cc1cc(CCl)c(C(F)F)nc1C=O. The first-order valence-corrected chi connectivity index (χ1v) is 4.43. The van der Waals surface area contributed by atoms with Crippen molar-refractivity contribution in [1.29, 1.82) is 0 Å². The van der Waals surface area contributed by atoms with Gasteiger partial charge in [0, 0.05) is 5.88 Å². The first kappa shape index (κ1) is 11.0. The zero-order valence-electron chi connectivity index (χ0n) is 7.43. The first-order valence-electron chi connectivity index (χ1n) is 3.89. The quantitative estimate of drug-likeness (QED) is 0.578. The predicted octanol–water partition coefficient (Wildman–Crippen LogP) is 2.88. The molecule has 0 unspecified atom stereocenters. The maximum atomic E-state index is 12.4. The van der Waals surface area contributed by atoms with Crippen molar-refractivity contribution in [3.8, 4) is 0 Å². The minimum atomic E-state index is -2.71. The molecule has 0 saturated carbocycles. The summed E-state index contributed by atoms with van der Waals surface area (Å²) in [5.41, 5.74) is 0.451. The van der Waals surface area contributed by atoms with Gasteiger partial charge in [0.05, 0.1) is 0 Å². The van der Waals surface area contributed by atoms with E-state index >= 15 is 0 Å². The number of pyridine rings is 1. The summed E-state index contributed by atoms with van der Waals surface area (Å²) in [7, 11) is 0. The molecule has 0 aliphatic rings. The van der Waals surface area contributed by atoms with Gasteiger partial charge in [-0.05, 0) is 18.1 Å². The molecule has 0 spiro atoms. The van der Waals surface area contributed by atoms with Crippen molar-refractivity contribution in [2.75, 3.05) is 0 Å². The molecule has 1 rings (SSSR count). The number of hydrogen-bond acceptors (Lipinski definition) is 2. The smallest absolute Gasteiger partial charge is 0.280 e. The Morgan fingerprint density at radius 1 is 1.64 bits per heavy atom. The molecule has 1 aromatic heterocycles. The summed E-state index contributed by atoms with van der Waals surface area (Å²) in [6.45, 7) is 1.63. The topological polar surface area (TPSA) is 30.0 Å². The fourth-order valence-electron chi connectivity index (χ4n) is 1.11. The van der Waals surface area contributed by atoms with Crippen LogP contribution in [0.5, 0.6) is 0 Å². The zero-order chi connectivity index (χ0) is 10.7. The molecule has 76 valence electrons. The van der Waals surface area contributed by atoms with E-state index < -0.39 is 12.1 Å². The van der Waals surface area contributed by atoms with Crippen LogP contribution in [0.2, 0.25) is 0 Å². The van der Waals surface area contributed by atoms with Crippen LogP contribution in [-0.4, -0.2) is 11.3 Å². The molecular formula is C9H8ClF2NO. The van der Waals surface area contributed by atoms with Crippen LogP contribution in [-0.2, 0) is 5.88 Å². The summed E-state index contributed by atoms with van der Waals surface area (Å²) in [4.78, 5) is 14.0. The third-order valence-electron chi connectivity index (χ3n) is 1.83. The van der Waals surface area contributed by atoms with E-state index in [1.54, 1.807) is 6.92 Å². The van der Waals surface area contributed by atoms with Gasteiger partial charge in [-0.1, -0.05) is 6.07 Å². The molecule has 5 heteroatoms. The lowest BCUT2D eigenvalue weighted by molar-refractivity contribution is 0.111. The van der Waals surface area contributed by atoms with Gasteiger partial charge in [-0.2, -0.15) is 0 Å². The van der Waals surface area contributed by atoms with E-state index in [9.17, 15) is 13.6 Å². The van der Waals surface area contributed by atoms with Crippen LogP contribution in [0.4, 0.5) is 8.78 Å². The molecular weight excluding hydrogens is 212 g/mol. The molecule has 0 aliphatic carbocycles. The summed E-state index contributed by atoms with van der Waals surface area (Å²) in [6, 6.07) is 1.46. The Hall–Kier alpha value is -1.03. The highest BCUT2D eigenvalue weighted by Gasteiger charge is 2.16. The van der Waals surface area contributed by atoms with E-state index in [1.165, 1.54) is 6.07 Å². The maximum absolute atomic E-state index is 12.4. The van der Waals surface area contributed by atoms with Crippen molar-refractivity contribution in [2.24, 2.45) is 0 Å². The monoisotopic (exact) mass is 219 g/mol. The molecule has 0 amide bonds. The molecule has 2 nitrogen and oxygen atoms in total. The Balaban J connectivity index is 3.32. The average Bonchev–Trinajstić information content (AvgIpc) is 2.16. The highest BCUT2D eigenvalue weighted by Crippen LogP contribution is 2.23. The van der Waals surface area contributed by atoms with Crippen molar-refractivity contribution in [1.82, 2.24) is 4.98 Å². The number of aryl methyl sites for hydroxylation is 1. The third kappa shape index (κ3) is 2.07. The van der Waals surface area contributed by atoms with Gasteiger partial charge in [-0.25, -0.2) is 13.8 Å². The van der Waals surface area contributed by atoms with Crippen LogP contribution >= 0.6 is 11.6 Å². The zero-order valence-corrected chi connectivity index (χ0v) is 8.18. The number of rotatable bonds is 3. The highest BCUT2D eigenvalue weighted by atomic mass is 35.5. The Kier molecular flexibility index (Phi) is 3.52. The number of aromatic nitrogens is 1. The van der Waals surface area contributed by atoms with Gasteiger partial charge in [0.2, 0.25) is 0 Å².